The van der Waals surface area contributed by atoms with Gasteiger partial charge in [-0.3, -0.25) is 9.59 Å². The fourth-order valence-electron chi connectivity index (χ4n) is 2.18. The molecular formula is C18H30N3O3+. The number of carbonyl (C=O) groups excluding carboxylic acids is 2. The summed E-state index contributed by atoms with van der Waals surface area (Å²) in [6.07, 6.45) is 0. The fraction of sp³-hybridized carbons (Fsp3) is 0.556. The van der Waals surface area contributed by atoms with Gasteiger partial charge in [-0.1, -0.05) is 12.1 Å². The summed E-state index contributed by atoms with van der Waals surface area (Å²) in [5, 5.41) is 5.82. The van der Waals surface area contributed by atoms with Gasteiger partial charge >= 0.3 is 0 Å². The van der Waals surface area contributed by atoms with Gasteiger partial charge in [0.05, 0.1) is 14.2 Å². The molecule has 3 N–H and O–H groups in total. The molecule has 0 radical (unpaired) electrons. The zero-order valence-electron chi connectivity index (χ0n) is 15.5. The highest BCUT2D eigenvalue weighted by molar-refractivity contribution is 5.81. The molecule has 2 atom stereocenters. The first-order valence-electron chi connectivity index (χ1n) is 8.16. The largest absolute Gasteiger partial charge is 0.497 e. The van der Waals surface area contributed by atoms with Gasteiger partial charge in [0.1, 0.15) is 5.75 Å². The molecule has 0 aliphatic heterocycles. The van der Waals surface area contributed by atoms with Crippen molar-refractivity contribution in [3.8, 4) is 5.75 Å². The van der Waals surface area contributed by atoms with E-state index in [1.54, 1.807) is 7.11 Å². The molecule has 1 rings (SSSR count). The SMILES string of the molecule is COc1ccc(CNC(=O)[C@H](C)[NH+](C)CC(=O)NC(C)(C)C)cc1. The molecule has 2 amide bonds. The van der Waals surface area contributed by atoms with Crippen molar-refractivity contribution in [3.05, 3.63) is 29.8 Å². The third-order valence-electron chi connectivity index (χ3n) is 3.71. The summed E-state index contributed by atoms with van der Waals surface area (Å²) in [5.74, 6) is 0.647. The van der Waals surface area contributed by atoms with Gasteiger partial charge in [-0.05, 0) is 45.4 Å². The molecule has 0 bridgehead atoms. The number of hydrogen-bond donors (Lipinski definition) is 3. The van der Waals surface area contributed by atoms with Crippen LogP contribution in [0, 0.1) is 0 Å². The van der Waals surface area contributed by atoms with Crippen molar-refractivity contribution >= 4 is 11.8 Å². The molecule has 1 aromatic carbocycles. The minimum atomic E-state index is -0.311. The van der Waals surface area contributed by atoms with E-state index >= 15 is 0 Å². The molecule has 6 nitrogen and oxygen atoms in total. The van der Waals surface area contributed by atoms with E-state index in [4.69, 9.17) is 4.74 Å². The van der Waals surface area contributed by atoms with Crippen LogP contribution < -0.4 is 20.3 Å². The van der Waals surface area contributed by atoms with Gasteiger partial charge < -0.3 is 20.3 Å². The average molecular weight is 336 g/mol. The maximum absolute atomic E-state index is 12.3. The average Bonchev–Trinajstić information content (AvgIpc) is 2.50. The molecular weight excluding hydrogens is 306 g/mol. The normalized spacial score (nSPS) is 13.8. The first-order chi connectivity index (χ1) is 11.1. The standard InChI is InChI=1S/C18H29N3O3/c1-13(21(5)12-16(22)20-18(2,3)4)17(23)19-11-14-7-9-15(24-6)10-8-14/h7-10,13H,11-12H2,1-6H3,(H,19,23)(H,20,22)/p+1/t13-/m0/s1. The molecule has 134 valence electrons. The van der Waals surface area contributed by atoms with Crippen LogP contribution in [0.5, 0.6) is 5.75 Å². The van der Waals surface area contributed by atoms with E-state index in [2.05, 4.69) is 10.6 Å². The zero-order valence-corrected chi connectivity index (χ0v) is 15.5. The van der Waals surface area contributed by atoms with Gasteiger partial charge in [-0.15, -0.1) is 0 Å². The lowest BCUT2D eigenvalue weighted by Crippen LogP contribution is -3.15. The summed E-state index contributed by atoms with van der Waals surface area (Å²) in [6, 6.07) is 7.24. The summed E-state index contributed by atoms with van der Waals surface area (Å²) in [5.41, 5.74) is 0.733. The van der Waals surface area contributed by atoms with Crippen molar-refractivity contribution in [2.24, 2.45) is 0 Å². The Kier molecular flexibility index (Phi) is 7.22. The van der Waals surface area contributed by atoms with E-state index in [0.717, 1.165) is 16.2 Å². The number of quaternary nitrogens is 1. The quantitative estimate of drug-likeness (QED) is 0.663. The maximum atomic E-state index is 12.3. The van der Waals surface area contributed by atoms with Crippen LogP contribution in [-0.4, -0.2) is 44.1 Å². The van der Waals surface area contributed by atoms with Gasteiger partial charge in [-0.25, -0.2) is 0 Å². The summed E-state index contributed by atoms with van der Waals surface area (Å²) >= 11 is 0. The lowest BCUT2D eigenvalue weighted by molar-refractivity contribution is -0.886. The summed E-state index contributed by atoms with van der Waals surface area (Å²) in [7, 11) is 3.47. The third-order valence-corrected chi connectivity index (χ3v) is 3.71. The minimum absolute atomic E-state index is 0.0604. The smallest absolute Gasteiger partial charge is 0.278 e. The molecule has 0 aliphatic rings. The van der Waals surface area contributed by atoms with Gasteiger partial charge in [0, 0.05) is 12.1 Å². The van der Waals surface area contributed by atoms with Gasteiger partial charge in [0.25, 0.3) is 11.8 Å². The van der Waals surface area contributed by atoms with Gasteiger partial charge in [-0.2, -0.15) is 0 Å². The number of rotatable bonds is 7. The Balaban J connectivity index is 2.46. The second-order valence-electron chi connectivity index (χ2n) is 7.11. The van der Waals surface area contributed by atoms with Crippen LogP contribution in [0.4, 0.5) is 0 Å². The molecule has 0 aromatic heterocycles. The Labute approximate surface area is 144 Å². The van der Waals surface area contributed by atoms with Crippen LogP contribution in [0.2, 0.25) is 0 Å². The molecule has 1 unspecified atom stereocenters. The Morgan fingerprint density at radius 3 is 2.29 bits per heavy atom. The van der Waals surface area contributed by atoms with Crippen LogP contribution in [0.25, 0.3) is 0 Å². The van der Waals surface area contributed by atoms with Crippen LogP contribution in [0.3, 0.4) is 0 Å². The highest BCUT2D eigenvalue weighted by Gasteiger charge is 2.25. The Morgan fingerprint density at radius 1 is 1.21 bits per heavy atom. The Hall–Kier alpha value is -2.08. The van der Waals surface area contributed by atoms with E-state index in [-0.39, 0.29) is 29.9 Å². The lowest BCUT2D eigenvalue weighted by Gasteiger charge is -2.24. The highest BCUT2D eigenvalue weighted by atomic mass is 16.5. The predicted octanol–water partition coefficient (Wildman–Crippen LogP) is 0.129. The van der Waals surface area contributed by atoms with E-state index in [0.29, 0.717) is 6.54 Å². The summed E-state index contributed by atoms with van der Waals surface area (Å²) < 4.78 is 5.11. The zero-order chi connectivity index (χ0) is 18.3. The van der Waals surface area contributed by atoms with Gasteiger partial charge in [0.15, 0.2) is 12.6 Å². The number of ether oxygens (including phenoxy) is 1. The number of benzene rings is 1. The number of hydrogen-bond acceptors (Lipinski definition) is 3. The van der Waals surface area contributed by atoms with E-state index < -0.39 is 0 Å². The minimum Gasteiger partial charge on any atom is -0.497 e. The van der Waals surface area contributed by atoms with Crippen LogP contribution in [-0.2, 0) is 16.1 Å². The topological polar surface area (TPSA) is 71.9 Å². The van der Waals surface area contributed by atoms with Crippen molar-refractivity contribution in [3.63, 3.8) is 0 Å². The highest BCUT2D eigenvalue weighted by Crippen LogP contribution is 2.10. The maximum Gasteiger partial charge on any atom is 0.278 e. The van der Waals surface area contributed by atoms with Crippen molar-refractivity contribution in [1.29, 1.82) is 0 Å². The van der Waals surface area contributed by atoms with Gasteiger partial charge in [0.2, 0.25) is 0 Å². The van der Waals surface area contributed by atoms with Crippen LogP contribution in [0.1, 0.15) is 33.3 Å². The number of amides is 2. The van der Waals surface area contributed by atoms with Crippen molar-refractivity contribution in [2.45, 2.75) is 45.8 Å². The second-order valence-corrected chi connectivity index (χ2v) is 7.11. The van der Waals surface area contributed by atoms with Crippen LogP contribution >= 0.6 is 0 Å². The molecule has 0 fully saturated rings. The van der Waals surface area contributed by atoms with E-state index in [9.17, 15) is 9.59 Å². The van der Waals surface area contributed by atoms with E-state index in [1.807, 2.05) is 59.0 Å². The van der Waals surface area contributed by atoms with Crippen molar-refractivity contribution < 1.29 is 19.2 Å². The molecule has 0 aliphatic carbocycles. The number of likely N-dealkylation sites (N-methyl/N-ethyl adjacent to an activating group) is 1. The van der Waals surface area contributed by atoms with E-state index in [1.165, 1.54) is 0 Å². The Bertz CT molecular complexity index is 550. The van der Waals surface area contributed by atoms with Crippen LogP contribution in [0.15, 0.2) is 24.3 Å². The molecule has 0 saturated carbocycles. The molecule has 1 aromatic rings. The summed E-state index contributed by atoms with van der Waals surface area (Å²) in [6.45, 7) is 8.34. The summed E-state index contributed by atoms with van der Waals surface area (Å²) in [4.78, 5) is 25.1. The molecule has 6 heteroatoms. The van der Waals surface area contributed by atoms with Crippen molar-refractivity contribution in [2.75, 3.05) is 20.7 Å². The Morgan fingerprint density at radius 2 is 1.79 bits per heavy atom. The van der Waals surface area contributed by atoms with Crippen molar-refractivity contribution in [1.82, 2.24) is 10.6 Å². The predicted molar refractivity (Wildman–Crippen MR) is 94.0 cm³/mol. The monoisotopic (exact) mass is 336 g/mol. The number of methoxy groups -OCH3 is 1. The number of carbonyl (C=O) groups is 2. The first-order valence-corrected chi connectivity index (χ1v) is 8.16. The number of nitrogens with one attached hydrogen (secondary N) is 3. The lowest BCUT2D eigenvalue weighted by atomic mass is 10.1. The fourth-order valence-corrected chi connectivity index (χ4v) is 2.18. The molecule has 0 heterocycles. The molecule has 24 heavy (non-hydrogen) atoms. The third kappa shape index (κ3) is 7.00. The first kappa shape index (κ1) is 20.0. The molecule has 0 saturated heterocycles. The molecule has 0 spiro atoms. The second kappa shape index (κ2) is 8.68.